The first-order chi connectivity index (χ1) is 7.83. The number of nitrogens with two attached hydrogens (primary N) is 1. The molecular weight excluding hydrogens is 301 g/mol. The van der Waals surface area contributed by atoms with E-state index in [2.05, 4.69) is 30.4 Å². The van der Waals surface area contributed by atoms with Crippen LogP contribution in [0.1, 0.15) is 6.17 Å². The molecule has 0 aliphatic rings. The van der Waals surface area contributed by atoms with Crippen LogP contribution >= 0.6 is 20.2 Å². The molecule has 0 spiro atoms. The van der Waals surface area contributed by atoms with Gasteiger partial charge >= 0.3 is 33.3 Å². The molecule has 2 rings (SSSR count). The van der Waals surface area contributed by atoms with Crippen LogP contribution < -0.4 is 5.73 Å². The standard InChI is InChI=1S/C8H11N5.2ClH.Cu/c9-7-8(12-5-1-3-10-12)13-6-2-4-11-13;;;/h1-6,8H,7,9H2;2*1H;/q;;;+2/p-2. The number of hydrogen-bond donors (Lipinski definition) is 1. The molecule has 0 aliphatic carbocycles. The van der Waals surface area contributed by atoms with E-state index in [-0.39, 0.29) is 6.17 Å². The van der Waals surface area contributed by atoms with E-state index in [0.29, 0.717) is 6.54 Å². The van der Waals surface area contributed by atoms with Gasteiger partial charge in [-0.2, -0.15) is 10.2 Å². The summed E-state index contributed by atoms with van der Waals surface area (Å²) < 4.78 is 3.57. The summed E-state index contributed by atoms with van der Waals surface area (Å²) in [4.78, 5) is 0. The van der Waals surface area contributed by atoms with Gasteiger partial charge in [0.25, 0.3) is 0 Å². The monoisotopic (exact) mass is 310 g/mol. The first kappa shape index (κ1) is 13.5. The van der Waals surface area contributed by atoms with Crippen LogP contribution in [-0.2, 0) is 13.1 Å². The summed E-state index contributed by atoms with van der Waals surface area (Å²) in [5, 5.41) is 8.24. The number of aromatic nitrogens is 4. The SMILES string of the molecule is NCC(n1cccn1)n1cccn1.[Cl][Cu][Cl]. The van der Waals surface area contributed by atoms with E-state index in [9.17, 15) is 0 Å². The predicted molar refractivity (Wildman–Crippen MR) is 59.6 cm³/mol. The van der Waals surface area contributed by atoms with Crippen molar-refractivity contribution in [3.8, 4) is 0 Å². The first-order valence-corrected chi connectivity index (χ1v) is 6.92. The minimum absolute atomic E-state index is 0.0231. The van der Waals surface area contributed by atoms with Crippen LogP contribution in [-0.4, -0.2) is 26.1 Å². The van der Waals surface area contributed by atoms with Gasteiger partial charge in [-0.3, -0.25) is 0 Å². The Balaban J connectivity index is 0.000000386. The minimum atomic E-state index is -0.0231. The quantitative estimate of drug-likeness (QED) is 0.873. The van der Waals surface area contributed by atoms with Gasteiger partial charge in [0, 0.05) is 31.3 Å². The molecule has 8 heteroatoms. The van der Waals surface area contributed by atoms with E-state index in [1.807, 2.05) is 24.5 Å². The molecule has 0 unspecified atom stereocenters. The molecule has 2 heterocycles. The fourth-order valence-electron chi connectivity index (χ4n) is 1.25. The molecule has 0 fully saturated rings. The third kappa shape index (κ3) is 3.81. The normalized spacial score (nSPS) is 10.2. The summed E-state index contributed by atoms with van der Waals surface area (Å²) in [6.45, 7) is 0.476. The van der Waals surface area contributed by atoms with Crippen molar-refractivity contribution in [3.63, 3.8) is 0 Å². The van der Waals surface area contributed by atoms with Gasteiger partial charge in [-0.05, 0) is 12.1 Å². The Kier molecular flexibility index (Phi) is 6.52. The van der Waals surface area contributed by atoms with Crippen LogP contribution in [0.5, 0.6) is 0 Å². The number of nitrogens with zero attached hydrogens (tertiary/aromatic N) is 4. The van der Waals surface area contributed by atoms with Gasteiger partial charge in [0.1, 0.15) is 0 Å². The Hall–Kier alpha value is -0.521. The fraction of sp³-hybridized carbons (Fsp3) is 0.250. The molecule has 2 N–H and O–H groups in total. The zero-order valence-electron chi connectivity index (χ0n) is 8.17. The number of hydrogen-bond acceptors (Lipinski definition) is 3. The van der Waals surface area contributed by atoms with Crippen molar-refractivity contribution in [2.45, 2.75) is 6.17 Å². The van der Waals surface area contributed by atoms with Gasteiger partial charge in [-0.25, -0.2) is 9.36 Å². The van der Waals surface area contributed by atoms with Crippen LogP contribution in [0.25, 0.3) is 0 Å². The van der Waals surface area contributed by atoms with Crippen molar-refractivity contribution in [2.75, 3.05) is 6.54 Å². The average Bonchev–Trinajstić information content (AvgIpc) is 2.92. The fourth-order valence-corrected chi connectivity index (χ4v) is 1.25. The Bertz CT molecular complexity index is 329. The van der Waals surface area contributed by atoms with Crippen LogP contribution in [0, 0.1) is 0 Å². The van der Waals surface area contributed by atoms with E-state index in [1.165, 1.54) is 0 Å². The molecule has 0 radical (unpaired) electrons. The summed E-state index contributed by atoms with van der Waals surface area (Å²) in [6, 6.07) is 3.73. The molecular formula is C8H11Cl2CuN5. The van der Waals surface area contributed by atoms with E-state index in [1.54, 1.807) is 21.8 Å². The van der Waals surface area contributed by atoms with E-state index < -0.39 is 0 Å². The average molecular weight is 312 g/mol. The van der Waals surface area contributed by atoms with E-state index in [4.69, 9.17) is 5.73 Å². The summed E-state index contributed by atoms with van der Waals surface area (Å²) in [5.74, 6) is 0. The Morgan fingerprint density at radius 1 is 1.12 bits per heavy atom. The molecule has 2 aromatic heterocycles. The van der Waals surface area contributed by atoms with Gasteiger partial charge in [0.15, 0.2) is 6.17 Å². The molecule has 0 aromatic carbocycles. The molecule has 0 atom stereocenters. The van der Waals surface area contributed by atoms with Crippen molar-refractivity contribution in [3.05, 3.63) is 36.9 Å². The number of rotatable bonds is 3. The van der Waals surface area contributed by atoms with Crippen LogP contribution in [0.3, 0.4) is 0 Å². The van der Waals surface area contributed by atoms with Gasteiger partial charge < -0.3 is 5.73 Å². The molecule has 5 nitrogen and oxygen atoms in total. The van der Waals surface area contributed by atoms with Crippen LogP contribution in [0.4, 0.5) is 0 Å². The Morgan fingerprint density at radius 2 is 1.56 bits per heavy atom. The molecule has 0 saturated carbocycles. The van der Waals surface area contributed by atoms with Crippen LogP contribution in [0.15, 0.2) is 36.9 Å². The topological polar surface area (TPSA) is 61.7 Å². The summed E-state index contributed by atoms with van der Waals surface area (Å²) in [7, 11) is 9.34. The van der Waals surface area contributed by atoms with Crippen molar-refractivity contribution >= 4 is 20.2 Å². The molecule has 16 heavy (non-hydrogen) atoms. The second-order valence-electron chi connectivity index (χ2n) is 2.73. The maximum atomic E-state index is 5.63. The Morgan fingerprint density at radius 3 is 1.81 bits per heavy atom. The van der Waals surface area contributed by atoms with Crippen molar-refractivity contribution in [2.24, 2.45) is 5.73 Å². The maximum absolute atomic E-state index is 5.63. The zero-order chi connectivity index (χ0) is 11.8. The summed E-state index contributed by atoms with van der Waals surface area (Å²) in [6.07, 6.45) is 7.18. The summed E-state index contributed by atoms with van der Waals surface area (Å²) in [5.41, 5.74) is 5.63. The third-order valence-corrected chi connectivity index (χ3v) is 1.87. The molecule has 0 bridgehead atoms. The van der Waals surface area contributed by atoms with Crippen LogP contribution in [0.2, 0.25) is 0 Å². The van der Waals surface area contributed by atoms with Crippen molar-refractivity contribution in [1.82, 2.24) is 19.6 Å². The van der Waals surface area contributed by atoms with Gasteiger partial charge in [-0.15, -0.1) is 0 Å². The van der Waals surface area contributed by atoms with Crippen molar-refractivity contribution in [1.29, 1.82) is 0 Å². The van der Waals surface area contributed by atoms with Gasteiger partial charge in [0.05, 0.1) is 0 Å². The molecule has 0 aliphatic heterocycles. The van der Waals surface area contributed by atoms with E-state index in [0.717, 1.165) is 13.1 Å². The zero-order valence-corrected chi connectivity index (χ0v) is 10.6. The number of halogens is 2. The second kappa shape index (κ2) is 7.70. The predicted octanol–water partition coefficient (Wildman–Crippen LogP) is 1.46. The van der Waals surface area contributed by atoms with Gasteiger partial charge in [0.2, 0.25) is 0 Å². The summed E-state index contributed by atoms with van der Waals surface area (Å²) >= 11 is 0.757. The van der Waals surface area contributed by atoms with E-state index >= 15 is 0 Å². The Labute approximate surface area is 108 Å². The van der Waals surface area contributed by atoms with Crippen molar-refractivity contribution < 1.29 is 13.1 Å². The molecule has 93 valence electrons. The van der Waals surface area contributed by atoms with Gasteiger partial charge in [-0.1, -0.05) is 0 Å². The first-order valence-electron chi connectivity index (χ1n) is 4.33. The molecule has 0 amide bonds. The second-order valence-corrected chi connectivity index (χ2v) is 4.29. The third-order valence-electron chi connectivity index (χ3n) is 1.87. The molecule has 0 saturated heterocycles. The molecule has 2 aromatic rings.